The molecule has 0 spiro atoms. The fourth-order valence-corrected chi connectivity index (χ4v) is 3.14. The molecule has 0 amide bonds. The molecule has 1 aromatic carbocycles. The first kappa shape index (κ1) is 8.22. The minimum atomic E-state index is 0.349. The zero-order chi connectivity index (χ0) is 9.54. The highest BCUT2D eigenvalue weighted by atomic mass is 16.1. The molecule has 0 aromatic heterocycles. The number of carbonyl (C=O) groups excluding carboxylic acids is 1. The second kappa shape index (κ2) is 2.94. The molecular formula is C13H14O. The molecule has 0 radical (unpaired) electrons. The average molecular weight is 186 g/mol. The van der Waals surface area contributed by atoms with Gasteiger partial charge in [0.15, 0.2) is 0 Å². The van der Waals surface area contributed by atoms with Crippen molar-refractivity contribution in [1.29, 1.82) is 0 Å². The van der Waals surface area contributed by atoms with E-state index in [-0.39, 0.29) is 0 Å². The maximum atomic E-state index is 11.8. The maximum absolute atomic E-state index is 11.8. The highest BCUT2D eigenvalue weighted by molar-refractivity contribution is 5.88. The standard InChI is InChI=1S/C13H14O/c14-13-10-6-7-11(13)12(8-10)9-4-2-1-3-5-9/h1-5,10-12H,6-8H2/t10-,11+,12-/m1/s1. The lowest BCUT2D eigenvalue weighted by atomic mass is 9.83. The van der Waals surface area contributed by atoms with Gasteiger partial charge in [-0.25, -0.2) is 0 Å². The van der Waals surface area contributed by atoms with Crippen LogP contribution in [0.3, 0.4) is 0 Å². The third-order valence-corrected chi connectivity index (χ3v) is 3.85. The van der Waals surface area contributed by atoms with Crippen LogP contribution in [0.4, 0.5) is 0 Å². The van der Waals surface area contributed by atoms with E-state index in [1.807, 2.05) is 6.07 Å². The molecule has 1 nitrogen and oxygen atoms in total. The van der Waals surface area contributed by atoms with Crippen molar-refractivity contribution in [2.24, 2.45) is 11.8 Å². The van der Waals surface area contributed by atoms with Crippen LogP contribution in [-0.4, -0.2) is 5.78 Å². The van der Waals surface area contributed by atoms with Crippen LogP contribution < -0.4 is 0 Å². The highest BCUT2D eigenvalue weighted by Gasteiger charge is 2.47. The van der Waals surface area contributed by atoms with Crippen molar-refractivity contribution in [3.8, 4) is 0 Å². The fraction of sp³-hybridized carbons (Fsp3) is 0.462. The van der Waals surface area contributed by atoms with Gasteiger partial charge in [-0.1, -0.05) is 30.3 Å². The third kappa shape index (κ3) is 1.05. The van der Waals surface area contributed by atoms with Crippen molar-refractivity contribution in [2.75, 3.05) is 0 Å². The molecule has 3 atom stereocenters. The monoisotopic (exact) mass is 186 g/mol. The number of benzene rings is 1. The first-order chi connectivity index (χ1) is 6.86. The number of carbonyl (C=O) groups is 1. The molecule has 0 aliphatic heterocycles. The molecule has 2 saturated carbocycles. The van der Waals surface area contributed by atoms with E-state index in [0.29, 0.717) is 23.5 Å². The van der Waals surface area contributed by atoms with Gasteiger partial charge < -0.3 is 0 Å². The van der Waals surface area contributed by atoms with E-state index in [0.717, 1.165) is 19.3 Å². The molecule has 0 N–H and O–H groups in total. The van der Waals surface area contributed by atoms with Crippen LogP contribution in [-0.2, 0) is 4.79 Å². The molecule has 1 heteroatoms. The number of hydrogen-bond donors (Lipinski definition) is 0. The lowest BCUT2D eigenvalue weighted by Crippen LogP contribution is -2.10. The van der Waals surface area contributed by atoms with E-state index < -0.39 is 0 Å². The van der Waals surface area contributed by atoms with Crippen LogP contribution in [0.1, 0.15) is 30.7 Å². The Hall–Kier alpha value is -1.11. The second-order valence-electron chi connectivity index (χ2n) is 4.54. The summed E-state index contributed by atoms with van der Waals surface area (Å²) in [5, 5.41) is 0. The predicted octanol–water partition coefficient (Wildman–Crippen LogP) is 2.77. The Morgan fingerprint density at radius 1 is 1.00 bits per heavy atom. The molecule has 0 saturated heterocycles. The average Bonchev–Trinajstić information content (AvgIpc) is 2.76. The maximum Gasteiger partial charge on any atom is 0.139 e. The Kier molecular flexibility index (Phi) is 1.73. The normalized spacial score (nSPS) is 35.1. The Morgan fingerprint density at radius 2 is 1.79 bits per heavy atom. The Balaban J connectivity index is 1.93. The van der Waals surface area contributed by atoms with Gasteiger partial charge in [0.05, 0.1) is 0 Å². The fourth-order valence-electron chi connectivity index (χ4n) is 3.14. The summed E-state index contributed by atoms with van der Waals surface area (Å²) in [4.78, 5) is 11.8. The molecular weight excluding hydrogens is 172 g/mol. The Morgan fingerprint density at radius 3 is 2.36 bits per heavy atom. The van der Waals surface area contributed by atoms with Crippen molar-refractivity contribution in [3.63, 3.8) is 0 Å². The lowest BCUT2D eigenvalue weighted by molar-refractivity contribution is -0.121. The van der Waals surface area contributed by atoms with Crippen molar-refractivity contribution in [3.05, 3.63) is 35.9 Å². The van der Waals surface area contributed by atoms with E-state index in [2.05, 4.69) is 24.3 Å². The first-order valence-electron chi connectivity index (χ1n) is 5.45. The van der Waals surface area contributed by atoms with Crippen LogP contribution in [0.2, 0.25) is 0 Å². The topological polar surface area (TPSA) is 17.1 Å². The number of hydrogen-bond acceptors (Lipinski definition) is 1. The number of Topliss-reactive ketones (excluding diaryl/α,β-unsaturated/α-hetero) is 1. The Labute approximate surface area is 84.1 Å². The van der Waals surface area contributed by atoms with E-state index in [4.69, 9.17) is 0 Å². The van der Waals surface area contributed by atoms with Gasteiger partial charge in [0.2, 0.25) is 0 Å². The number of ketones is 1. The number of fused-ring (bicyclic) bond motifs is 2. The largest absolute Gasteiger partial charge is 0.299 e. The SMILES string of the molecule is O=C1[C@@H]2CC[C@H]1[C@@H](c1ccccc1)C2. The summed E-state index contributed by atoms with van der Waals surface area (Å²) < 4.78 is 0. The van der Waals surface area contributed by atoms with Gasteiger partial charge in [0.1, 0.15) is 5.78 Å². The van der Waals surface area contributed by atoms with Gasteiger partial charge >= 0.3 is 0 Å². The van der Waals surface area contributed by atoms with Gasteiger partial charge in [-0.3, -0.25) is 4.79 Å². The lowest BCUT2D eigenvalue weighted by Gasteiger charge is -2.20. The second-order valence-corrected chi connectivity index (χ2v) is 4.54. The number of rotatable bonds is 1. The summed E-state index contributed by atoms with van der Waals surface area (Å²) in [6.07, 6.45) is 3.38. The zero-order valence-electron chi connectivity index (χ0n) is 8.15. The van der Waals surface area contributed by atoms with Gasteiger partial charge in [-0.05, 0) is 30.7 Å². The summed E-state index contributed by atoms with van der Waals surface area (Å²) >= 11 is 0. The molecule has 2 bridgehead atoms. The molecule has 72 valence electrons. The third-order valence-electron chi connectivity index (χ3n) is 3.85. The van der Waals surface area contributed by atoms with Crippen LogP contribution >= 0.6 is 0 Å². The van der Waals surface area contributed by atoms with E-state index in [9.17, 15) is 4.79 Å². The van der Waals surface area contributed by atoms with E-state index in [1.54, 1.807) is 0 Å². The van der Waals surface area contributed by atoms with Crippen molar-refractivity contribution < 1.29 is 4.79 Å². The van der Waals surface area contributed by atoms with Gasteiger partial charge in [0, 0.05) is 11.8 Å². The molecule has 0 heterocycles. The van der Waals surface area contributed by atoms with Crippen molar-refractivity contribution in [2.45, 2.75) is 25.2 Å². The van der Waals surface area contributed by atoms with Gasteiger partial charge in [-0.2, -0.15) is 0 Å². The Bertz CT molecular complexity index is 355. The summed E-state index contributed by atoms with van der Waals surface area (Å²) in [7, 11) is 0. The highest BCUT2D eigenvalue weighted by Crippen LogP contribution is 2.50. The smallest absolute Gasteiger partial charge is 0.139 e. The van der Waals surface area contributed by atoms with Crippen LogP contribution in [0.25, 0.3) is 0 Å². The first-order valence-corrected chi connectivity index (χ1v) is 5.45. The van der Waals surface area contributed by atoms with Crippen LogP contribution in [0.5, 0.6) is 0 Å². The quantitative estimate of drug-likeness (QED) is 0.659. The minimum Gasteiger partial charge on any atom is -0.299 e. The molecule has 2 aliphatic rings. The van der Waals surface area contributed by atoms with Gasteiger partial charge in [0.25, 0.3) is 0 Å². The van der Waals surface area contributed by atoms with E-state index in [1.165, 1.54) is 5.56 Å². The summed E-state index contributed by atoms with van der Waals surface area (Å²) in [5.74, 6) is 1.81. The van der Waals surface area contributed by atoms with Crippen molar-refractivity contribution in [1.82, 2.24) is 0 Å². The molecule has 2 aliphatic carbocycles. The summed E-state index contributed by atoms with van der Waals surface area (Å²) in [5.41, 5.74) is 1.37. The molecule has 2 fully saturated rings. The zero-order valence-corrected chi connectivity index (χ0v) is 8.15. The molecule has 1 aromatic rings. The minimum absolute atomic E-state index is 0.349. The summed E-state index contributed by atoms with van der Waals surface area (Å²) in [6.45, 7) is 0. The van der Waals surface area contributed by atoms with Crippen molar-refractivity contribution >= 4 is 5.78 Å². The van der Waals surface area contributed by atoms with Crippen LogP contribution in [0, 0.1) is 11.8 Å². The predicted molar refractivity (Wildman–Crippen MR) is 55.0 cm³/mol. The molecule has 0 unspecified atom stereocenters. The molecule has 3 rings (SSSR count). The summed E-state index contributed by atoms with van der Waals surface area (Å²) in [6, 6.07) is 10.5. The molecule has 14 heavy (non-hydrogen) atoms. The van der Waals surface area contributed by atoms with Gasteiger partial charge in [-0.15, -0.1) is 0 Å². The van der Waals surface area contributed by atoms with E-state index >= 15 is 0 Å². The van der Waals surface area contributed by atoms with Crippen LogP contribution in [0.15, 0.2) is 30.3 Å².